The number of anilines is 1. The van der Waals surface area contributed by atoms with E-state index in [4.69, 9.17) is 11.6 Å². The molecular formula is C13H9ClF2N2O. The molecule has 6 heteroatoms. The zero-order valence-corrected chi connectivity index (χ0v) is 10.6. The third kappa shape index (κ3) is 3.06. The van der Waals surface area contributed by atoms with Gasteiger partial charge in [-0.25, -0.2) is 8.78 Å². The lowest BCUT2D eigenvalue weighted by molar-refractivity contribution is 0.102. The molecule has 1 N–H and O–H groups in total. The van der Waals surface area contributed by atoms with Crippen LogP contribution < -0.4 is 5.32 Å². The highest BCUT2D eigenvalue weighted by Crippen LogP contribution is 2.18. The highest BCUT2D eigenvalue weighted by atomic mass is 35.5. The molecule has 2 rings (SSSR count). The fourth-order valence-corrected chi connectivity index (χ4v) is 1.76. The van der Waals surface area contributed by atoms with Crippen molar-refractivity contribution in [1.29, 1.82) is 0 Å². The molecular weight excluding hydrogens is 274 g/mol. The van der Waals surface area contributed by atoms with E-state index in [1.807, 2.05) is 0 Å². The summed E-state index contributed by atoms with van der Waals surface area (Å²) in [6.45, 7) is 1.74. The molecule has 98 valence electrons. The summed E-state index contributed by atoms with van der Waals surface area (Å²) in [5.74, 6) is -2.55. The summed E-state index contributed by atoms with van der Waals surface area (Å²) >= 11 is 5.91. The average molecular weight is 283 g/mol. The molecule has 0 aliphatic rings. The van der Waals surface area contributed by atoms with Gasteiger partial charge in [0.15, 0.2) is 11.6 Å². The number of benzene rings is 1. The monoisotopic (exact) mass is 282 g/mol. The molecule has 1 aromatic heterocycles. The Morgan fingerprint density at radius 2 is 2.00 bits per heavy atom. The van der Waals surface area contributed by atoms with E-state index in [0.29, 0.717) is 5.69 Å². The number of nitrogens with zero attached hydrogens (tertiary/aromatic N) is 1. The van der Waals surface area contributed by atoms with E-state index < -0.39 is 17.5 Å². The maximum absolute atomic E-state index is 13.0. The molecule has 19 heavy (non-hydrogen) atoms. The lowest BCUT2D eigenvalue weighted by atomic mass is 10.2. The Hall–Kier alpha value is -2.01. The molecule has 1 aromatic carbocycles. The quantitative estimate of drug-likeness (QED) is 0.915. The van der Waals surface area contributed by atoms with Crippen LogP contribution in [0.25, 0.3) is 0 Å². The van der Waals surface area contributed by atoms with Gasteiger partial charge in [-0.2, -0.15) is 0 Å². The lowest BCUT2D eigenvalue weighted by Gasteiger charge is -2.07. The summed E-state index contributed by atoms with van der Waals surface area (Å²) in [7, 11) is 0. The van der Waals surface area contributed by atoms with E-state index in [9.17, 15) is 13.6 Å². The van der Waals surface area contributed by atoms with Crippen molar-refractivity contribution in [2.45, 2.75) is 6.92 Å². The predicted octanol–water partition coefficient (Wildman–Crippen LogP) is 3.57. The van der Waals surface area contributed by atoms with Gasteiger partial charge in [-0.05, 0) is 25.1 Å². The van der Waals surface area contributed by atoms with Gasteiger partial charge in [0.1, 0.15) is 0 Å². The zero-order valence-electron chi connectivity index (χ0n) is 9.88. The Morgan fingerprint density at radius 1 is 1.26 bits per heavy atom. The summed E-state index contributed by atoms with van der Waals surface area (Å²) in [5.41, 5.74) is 0.979. The number of pyridine rings is 1. The standard InChI is InChI=1S/C13H9ClF2N2O/c1-7-4-10(14)9(6-17-7)13(19)18-8-2-3-11(15)12(16)5-8/h2-6H,1H3,(H,18,19). The summed E-state index contributed by atoms with van der Waals surface area (Å²) < 4.78 is 25.7. The number of rotatable bonds is 2. The average Bonchev–Trinajstić information content (AvgIpc) is 2.33. The first-order chi connectivity index (χ1) is 8.97. The normalized spacial score (nSPS) is 10.3. The van der Waals surface area contributed by atoms with Gasteiger partial charge in [-0.1, -0.05) is 11.6 Å². The predicted molar refractivity (Wildman–Crippen MR) is 68.3 cm³/mol. The summed E-state index contributed by atoms with van der Waals surface area (Å²) in [4.78, 5) is 15.8. The Labute approximate surface area is 113 Å². The minimum absolute atomic E-state index is 0.139. The molecule has 1 heterocycles. The van der Waals surface area contributed by atoms with Crippen molar-refractivity contribution in [3.63, 3.8) is 0 Å². The van der Waals surface area contributed by atoms with E-state index in [-0.39, 0.29) is 16.3 Å². The molecule has 0 atom stereocenters. The molecule has 3 nitrogen and oxygen atoms in total. The number of aryl methyl sites for hydroxylation is 1. The van der Waals surface area contributed by atoms with Crippen molar-refractivity contribution in [2.24, 2.45) is 0 Å². The van der Waals surface area contributed by atoms with Crippen LogP contribution in [0.5, 0.6) is 0 Å². The Balaban J connectivity index is 2.23. The van der Waals surface area contributed by atoms with Crippen molar-refractivity contribution >= 4 is 23.2 Å². The van der Waals surface area contributed by atoms with Crippen molar-refractivity contribution in [3.8, 4) is 0 Å². The van der Waals surface area contributed by atoms with Crippen LogP contribution in [0, 0.1) is 18.6 Å². The molecule has 0 radical (unpaired) electrons. The highest BCUT2D eigenvalue weighted by Gasteiger charge is 2.12. The molecule has 0 bridgehead atoms. The fourth-order valence-electron chi connectivity index (χ4n) is 1.47. The Bertz CT molecular complexity index is 647. The summed E-state index contributed by atoms with van der Waals surface area (Å²) in [6, 6.07) is 4.62. The second-order valence-corrected chi connectivity index (χ2v) is 4.30. The first-order valence-corrected chi connectivity index (χ1v) is 5.73. The number of halogens is 3. The number of hydrogen-bond donors (Lipinski definition) is 1. The molecule has 0 aliphatic carbocycles. The minimum atomic E-state index is -1.04. The Morgan fingerprint density at radius 3 is 2.63 bits per heavy atom. The van der Waals surface area contributed by atoms with Crippen LogP contribution in [0.4, 0.5) is 14.5 Å². The number of carbonyl (C=O) groups is 1. The number of amides is 1. The number of carbonyl (C=O) groups excluding carboxylic acids is 1. The number of hydrogen-bond acceptors (Lipinski definition) is 2. The van der Waals surface area contributed by atoms with Gasteiger partial charge < -0.3 is 5.32 Å². The Kier molecular flexibility index (Phi) is 3.76. The van der Waals surface area contributed by atoms with E-state index in [0.717, 1.165) is 12.1 Å². The van der Waals surface area contributed by atoms with Gasteiger partial charge >= 0.3 is 0 Å². The van der Waals surface area contributed by atoms with Crippen LogP contribution in [0.15, 0.2) is 30.5 Å². The molecule has 0 unspecified atom stereocenters. The molecule has 0 saturated heterocycles. The van der Waals surface area contributed by atoms with Gasteiger partial charge in [0.25, 0.3) is 5.91 Å². The molecule has 0 saturated carbocycles. The van der Waals surface area contributed by atoms with Crippen LogP contribution in [0.2, 0.25) is 5.02 Å². The van der Waals surface area contributed by atoms with Crippen molar-refractivity contribution < 1.29 is 13.6 Å². The van der Waals surface area contributed by atoms with Crippen LogP contribution in [-0.2, 0) is 0 Å². The summed E-state index contributed by atoms with van der Waals surface area (Å²) in [5, 5.41) is 2.66. The van der Waals surface area contributed by atoms with E-state index in [2.05, 4.69) is 10.3 Å². The first kappa shape index (κ1) is 13.4. The van der Waals surface area contributed by atoms with Crippen molar-refractivity contribution in [1.82, 2.24) is 4.98 Å². The van der Waals surface area contributed by atoms with Crippen LogP contribution in [0.3, 0.4) is 0 Å². The van der Waals surface area contributed by atoms with Gasteiger partial charge in [-0.3, -0.25) is 9.78 Å². The van der Waals surface area contributed by atoms with Crippen molar-refractivity contribution in [2.75, 3.05) is 5.32 Å². The van der Waals surface area contributed by atoms with Gasteiger partial charge in [-0.15, -0.1) is 0 Å². The smallest absolute Gasteiger partial charge is 0.258 e. The molecule has 0 spiro atoms. The topological polar surface area (TPSA) is 42.0 Å². The van der Waals surface area contributed by atoms with Crippen LogP contribution in [-0.4, -0.2) is 10.9 Å². The third-order valence-electron chi connectivity index (χ3n) is 2.41. The van der Waals surface area contributed by atoms with E-state index in [1.165, 1.54) is 12.3 Å². The van der Waals surface area contributed by atoms with Crippen LogP contribution >= 0.6 is 11.6 Å². The fraction of sp³-hybridized carbons (Fsp3) is 0.0769. The second-order valence-electron chi connectivity index (χ2n) is 3.89. The molecule has 2 aromatic rings. The van der Waals surface area contributed by atoms with Gasteiger partial charge in [0.2, 0.25) is 0 Å². The second kappa shape index (κ2) is 5.32. The minimum Gasteiger partial charge on any atom is -0.322 e. The maximum atomic E-state index is 13.0. The SMILES string of the molecule is Cc1cc(Cl)c(C(=O)Nc2ccc(F)c(F)c2)cn1. The lowest BCUT2D eigenvalue weighted by Crippen LogP contribution is -2.13. The molecule has 0 fully saturated rings. The zero-order chi connectivity index (χ0) is 14.0. The number of aromatic nitrogens is 1. The third-order valence-corrected chi connectivity index (χ3v) is 2.73. The van der Waals surface area contributed by atoms with E-state index in [1.54, 1.807) is 13.0 Å². The van der Waals surface area contributed by atoms with Gasteiger partial charge in [0.05, 0.1) is 10.6 Å². The highest BCUT2D eigenvalue weighted by molar-refractivity contribution is 6.34. The number of nitrogens with one attached hydrogen (secondary N) is 1. The largest absolute Gasteiger partial charge is 0.322 e. The van der Waals surface area contributed by atoms with Crippen molar-refractivity contribution in [3.05, 3.63) is 58.4 Å². The molecule has 1 amide bonds. The van der Waals surface area contributed by atoms with Gasteiger partial charge in [0, 0.05) is 23.6 Å². The molecule has 0 aliphatic heterocycles. The maximum Gasteiger partial charge on any atom is 0.258 e. The van der Waals surface area contributed by atoms with E-state index >= 15 is 0 Å². The first-order valence-electron chi connectivity index (χ1n) is 5.36. The van der Waals surface area contributed by atoms with Crippen LogP contribution in [0.1, 0.15) is 16.1 Å². The summed E-state index contributed by atoms with van der Waals surface area (Å²) in [6.07, 6.45) is 1.33.